The average molecular weight is 432 g/mol. The molecule has 2 aliphatic carbocycles. The number of nitrogens with one attached hydrogen (secondary N) is 1. The van der Waals surface area contributed by atoms with Crippen LogP contribution in [-0.4, -0.2) is 28.6 Å². The quantitative estimate of drug-likeness (QED) is 0.593. The van der Waals surface area contributed by atoms with Gasteiger partial charge in [-0.25, -0.2) is 0 Å². The number of rotatable bonds is 5. The summed E-state index contributed by atoms with van der Waals surface area (Å²) in [5.74, 6) is 1.49. The number of fused-ring (bicyclic) bond motifs is 3. The molecule has 2 saturated carbocycles. The average Bonchev–Trinajstić information content (AvgIpc) is 3.36. The van der Waals surface area contributed by atoms with E-state index in [2.05, 4.69) is 41.7 Å². The van der Waals surface area contributed by atoms with E-state index in [1.165, 1.54) is 19.3 Å². The molecule has 1 aromatic carbocycles. The Morgan fingerprint density at radius 3 is 2.72 bits per heavy atom. The van der Waals surface area contributed by atoms with Crippen molar-refractivity contribution in [3.8, 4) is 5.75 Å². The van der Waals surface area contributed by atoms with Gasteiger partial charge in [-0.05, 0) is 60.6 Å². The highest BCUT2D eigenvalue weighted by molar-refractivity contribution is 6.10. The Kier molecular flexibility index (Phi) is 4.84. The molecular weight excluding hydrogens is 398 g/mol. The minimum absolute atomic E-state index is 0.0255. The van der Waals surface area contributed by atoms with Crippen LogP contribution in [0.25, 0.3) is 10.9 Å². The van der Waals surface area contributed by atoms with Crippen LogP contribution in [0, 0.1) is 23.7 Å². The zero-order valence-electron chi connectivity index (χ0n) is 19.7. The lowest BCUT2D eigenvalue weighted by Crippen LogP contribution is -2.52. The SMILES string of the molecule is COc1cccc2c(C(=O)N[C@@H]3C(C)(C)C4CC[C@@]3(C)C4)c(C)n(Cc3cccnc3)c12. The summed E-state index contributed by atoms with van der Waals surface area (Å²) in [4.78, 5) is 18.1. The van der Waals surface area contributed by atoms with Gasteiger partial charge >= 0.3 is 0 Å². The predicted octanol–water partition coefficient (Wildman–Crippen LogP) is 5.35. The number of ether oxygens (including phenoxy) is 1. The van der Waals surface area contributed by atoms with Gasteiger partial charge < -0.3 is 14.6 Å². The number of carbonyl (C=O) groups is 1. The van der Waals surface area contributed by atoms with Crippen LogP contribution in [0.1, 0.15) is 61.6 Å². The Labute approximate surface area is 190 Å². The van der Waals surface area contributed by atoms with E-state index in [-0.39, 0.29) is 22.8 Å². The van der Waals surface area contributed by atoms with Crippen molar-refractivity contribution < 1.29 is 9.53 Å². The molecule has 5 rings (SSSR count). The molecule has 0 radical (unpaired) electrons. The third kappa shape index (κ3) is 3.05. The van der Waals surface area contributed by atoms with E-state index in [1.807, 2.05) is 37.4 Å². The van der Waals surface area contributed by atoms with Gasteiger partial charge in [-0.15, -0.1) is 0 Å². The van der Waals surface area contributed by atoms with Gasteiger partial charge in [-0.3, -0.25) is 9.78 Å². The molecule has 32 heavy (non-hydrogen) atoms. The Bertz CT molecular complexity index is 1180. The minimum atomic E-state index is 0.0255. The number of benzene rings is 1. The molecule has 0 aliphatic heterocycles. The Morgan fingerprint density at radius 2 is 2.06 bits per heavy atom. The van der Waals surface area contributed by atoms with Gasteiger partial charge in [0.05, 0.1) is 18.2 Å². The molecule has 0 saturated heterocycles. The highest BCUT2D eigenvalue weighted by Crippen LogP contribution is 2.62. The van der Waals surface area contributed by atoms with E-state index in [4.69, 9.17) is 4.74 Å². The van der Waals surface area contributed by atoms with E-state index in [0.29, 0.717) is 12.5 Å². The molecule has 2 fully saturated rings. The first-order valence-electron chi connectivity index (χ1n) is 11.6. The second-order valence-corrected chi connectivity index (χ2v) is 10.6. The fourth-order valence-corrected chi connectivity index (χ4v) is 6.69. The van der Waals surface area contributed by atoms with E-state index in [0.717, 1.165) is 33.5 Å². The monoisotopic (exact) mass is 431 g/mol. The van der Waals surface area contributed by atoms with E-state index in [9.17, 15) is 4.79 Å². The summed E-state index contributed by atoms with van der Waals surface area (Å²) in [5, 5.41) is 4.44. The maximum Gasteiger partial charge on any atom is 0.253 e. The molecule has 3 atom stereocenters. The lowest BCUT2D eigenvalue weighted by molar-refractivity contribution is 0.0738. The standard InChI is InChI=1S/C27H33N3O2/c1-17-22(24(31)29-25-26(2,3)19-11-12-27(25,4)14-19)20-9-6-10-21(32-5)23(20)30(17)16-18-8-7-13-28-15-18/h6-10,13,15,19,25H,11-12,14,16H2,1-5H3,(H,29,31)/t19?,25-,27+/m1/s1. The van der Waals surface area contributed by atoms with Crippen LogP contribution < -0.4 is 10.1 Å². The van der Waals surface area contributed by atoms with Gasteiger partial charge in [0.1, 0.15) is 5.75 Å². The number of amides is 1. The summed E-state index contributed by atoms with van der Waals surface area (Å²) in [6.07, 6.45) is 7.33. The molecule has 1 amide bonds. The van der Waals surface area contributed by atoms with E-state index < -0.39 is 0 Å². The topological polar surface area (TPSA) is 56.1 Å². The normalized spacial score (nSPS) is 25.9. The molecule has 2 aliphatic rings. The van der Waals surface area contributed by atoms with Gasteiger partial charge in [0, 0.05) is 36.1 Å². The lowest BCUT2D eigenvalue weighted by atomic mass is 9.68. The van der Waals surface area contributed by atoms with Crippen LogP contribution in [0.4, 0.5) is 0 Å². The van der Waals surface area contributed by atoms with Crippen molar-refractivity contribution in [1.82, 2.24) is 14.9 Å². The van der Waals surface area contributed by atoms with Crippen LogP contribution in [0.3, 0.4) is 0 Å². The number of pyridine rings is 1. The summed E-state index contributed by atoms with van der Waals surface area (Å²) in [6, 6.07) is 10.2. The van der Waals surface area contributed by atoms with Crippen LogP contribution in [0.5, 0.6) is 5.75 Å². The molecule has 3 aromatic rings. The highest BCUT2D eigenvalue weighted by Gasteiger charge is 2.59. The maximum absolute atomic E-state index is 13.8. The van der Waals surface area contributed by atoms with Gasteiger partial charge in [-0.2, -0.15) is 0 Å². The second kappa shape index (κ2) is 7.36. The largest absolute Gasteiger partial charge is 0.495 e. The molecule has 5 nitrogen and oxygen atoms in total. The number of nitrogens with zero attached hydrogens (tertiary/aromatic N) is 2. The van der Waals surface area contributed by atoms with Crippen molar-refractivity contribution >= 4 is 16.8 Å². The van der Waals surface area contributed by atoms with Crippen molar-refractivity contribution in [2.45, 2.75) is 59.5 Å². The maximum atomic E-state index is 13.8. The molecule has 168 valence electrons. The molecule has 1 N–H and O–H groups in total. The number of methoxy groups -OCH3 is 1. The second-order valence-electron chi connectivity index (χ2n) is 10.6. The fourth-order valence-electron chi connectivity index (χ4n) is 6.69. The first kappa shape index (κ1) is 21.0. The van der Waals surface area contributed by atoms with Crippen molar-refractivity contribution in [1.29, 1.82) is 0 Å². The summed E-state index contributed by atoms with van der Waals surface area (Å²) in [6.45, 7) is 9.69. The number of hydrogen-bond donors (Lipinski definition) is 1. The van der Waals surface area contributed by atoms with Crippen LogP contribution in [-0.2, 0) is 6.54 Å². The van der Waals surface area contributed by atoms with Gasteiger partial charge in [-0.1, -0.05) is 39.0 Å². The summed E-state index contributed by atoms with van der Waals surface area (Å²) >= 11 is 0. The van der Waals surface area contributed by atoms with Gasteiger partial charge in [0.15, 0.2) is 0 Å². The van der Waals surface area contributed by atoms with Gasteiger partial charge in [0.25, 0.3) is 5.91 Å². The predicted molar refractivity (Wildman–Crippen MR) is 127 cm³/mol. The zero-order valence-corrected chi connectivity index (χ0v) is 19.7. The molecule has 2 aromatic heterocycles. The Morgan fingerprint density at radius 1 is 1.25 bits per heavy atom. The van der Waals surface area contributed by atoms with Crippen LogP contribution >= 0.6 is 0 Å². The van der Waals surface area contributed by atoms with Crippen molar-refractivity contribution in [3.63, 3.8) is 0 Å². The molecular formula is C27H33N3O2. The summed E-state index contributed by atoms with van der Waals surface area (Å²) < 4.78 is 7.90. The Balaban J connectivity index is 1.58. The van der Waals surface area contributed by atoms with Crippen molar-refractivity contribution in [2.75, 3.05) is 7.11 Å². The van der Waals surface area contributed by atoms with E-state index >= 15 is 0 Å². The third-order valence-corrected chi connectivity index (χ3v) is 8.36. The summed E-state index contributed by atoms with van der Waals surface area (Å²) in [5.41, 5.74) is 4.06. The van der Waals surface area contributed by atoms with Crippen molar-refractivity contribution in [3.05, 3.63) is 59.5 Å². The van der Waals surface area contributed by atoms with E-state index in [1.54, 1.807) is 13.3 Å². The number of carbonyl (C=O) groups excluding carboxylic acids is 1. The molecule has 0 spiro atoms. The lowest BCUT2D eigenvalue weighted by Gasteiger charge is -2.43. The molecule has 5 heteroatoms. The number of hydrogen-bond acceptors (Lipinski definition) is 3. The molecule has 1 unspecified atom stereocenters. The summed E-state index contributed by atoms with van der Waals surface area (Å²) in [7, 11) is 1.68. The van der Waals surface area contributed by atoms with Crippen LogP contribution in [0.15, 0.2) is 42.7 Å². The van der Waals surface area contributed by atoms with Gasteiger partial charge in [0.2, 0.25) is 0 Å². The minimum Gasteiger partial charge on any atom is -0.495 e. The molecule has 2 heterocycles. The first-order chi connectivity index (χ1) is 15.3. The first-order valence-corrected chi connectivity index (χ1v) is 11.6. The van der Waals surface area contributed by atoms with Crippen molar-refractivity contribution in [2.24, 2.45) is 16.7 Å². The van der Waals surface area contributed by atoms with Crippen LogP contribution in [0.2, 0.25) is 0 Å². The fraction of sp³-hybridized carbons (Fsp3) is 0.481. The zero-order chi connectivity index (χ0) is 22.7. The smallest absolute Gasteiger partial charge is 0.253 e. The third-order valence-electron chi connectivity index (χ3n) is 8.36. The number of para-hydroxylation sites is 1. The number of aromatic nitrogens is 2. The molecule has 2 bridgehead atoms. The highest BCUT2D eigenvalue weighted by atomic mass is 16.5. The Hall–Kier alpha value is -2.82.